The topological polar surface area (TPSA) is 106 Å². The number of carboxylic acid groups (broad SMARTS) is 1. The third-order valence-corrected chi connectivity index (χ3v) is 3.67. The monoisotopic (exact) mass is 338 g/mol. The predicted molar refractivity (Wildman–Crippen MR) is 92.9 cm³/mol. The molecule has 0 saturated carbocycles. The van der Waals surface area contributed by atoms with Crippen molar-refractivity contribution >= 4 is 17.7 Å². The minimum Gasteiger partial charge on any atom is -0.478 e. The number of nitrogens with one attached hydrogen (secondary N) is 1. The molecule has 0 aliphatic heterocycles. The molecule has 0 aromatic carbocycles. The van der Waals surface area contributed by atoms with Crippen molar-refractivity contribution in [3.8, 4) is 11.4 Å². The Morgan fingerprint density at radius 3 is 2.60 bits per heavy atom. The van der Waals surface area contributed by atoms with Crippen LogP contribution in [-0.2, 0) is 0 Å². The zero-order valence-electron chi connectivity index (χ0n) is 14.1. The maximum atomic E-state index is 10.9. The third-order valence-electron chi connectivity index (χ3n) is 3.67. The van der Waals surface area contributed by atoms with Gasteiger partial charge in [-0.15, -0.1) is 0 Å². The van der Waals surface area contributed by atoms with E-state index in [1.165, 1.54) is 12.3 Å². The average molecular weight is 338 g/mol. The highest BCUT2D eigenvalue weighted by atomic mass is 16.4. The van der Waals surface area contributed by atoms with Crippen LogP contribution in [0.1, 0.15) is 36.1 Å². The summed E-state index contributed by atoms with van der Waals surface area (Å²) >= 11 is 0. The number of rotatable bonds is 5. The van der Waals surface area contributed by atoms with E-state index >= 15 is 0 Å². The summed E-state index contributed by atoms with van der Waals surface area (Å²) in [7, 11) is 0. The molecule has 0 unspecified atom stereocenters. The molecule has 128 valence electrons. The lowest BCUT2D eigenvalue weighted by molar-refractivity contribution is 0.0696. The molecule has 0 fully saturated rings. The summed E-state index contributed by atoms with van der Waals surface area (Å²) in [6, 6.07) is 5.12. The first-order valence-electron chi connectivity index (χ1n) is 7.79. The number of aromatic carboxylic acids is 1. The molecule has 0 radical (unpaired) electrons. The molecule has 3 rings (SSSR count). The summed E-state index contributed by atoms with van der Waals surface area (Å²) in [5.74, 6) is 0.747. The van der Waals surface area contributed by atoms with Crippen molar-refractivity contribution in [1.82, 2.24) is 24.5 Å². The van der Waals surface area contributed by atoms with E-state index in [1.54, 1.807) is 18.5 Å². The van der Waals surface area contributed by atoms with E-state index in [-0.39, 0.29) is 11.6 Å². The Bertz CT molecular complexity index is 902. The summed E-state index contributed by atoms with van der Waals surface area (Å²) in [5.41, 5.74) is 1.78. The molecule has 0 aliphatic rings. The van der Waals surface area contributed by atoms with Crippen LogP contribution in [0, 0.1) is 6.92 Å². The van der Waals surface area contributed by atoms with E-state index in [1.807, 2.05) is 13.0 Å². The van der Waals surface area contributed by atoms with Crippen LogP contribution in [0.15, 0.2) is 36.8 Å². The smallest absolute Gasteiger partial charge is 0.337 e. The number of imidazole rings is 1. The van der Waals surface area contributed by atoms with Gasteiger partial charge in [0.2, 0.25) is 5.95 Å². The molecular formula is C17H18N6O2. The highest BCUT2D eigenvalue weighted by Crippen LogP contribution is 2.23. The number of aromatic nitrogens is 5. The molecule has 0 aliphatic carbocycles. The largest absolute Gasteiger partial charge is 0.478 e. The lowest BCUT2D eigenvalue weighted by Gasteiger charge is -2.14. The van der Waals surface area contributed by atoms with E-state index in [9.17, 15) is 4.79 Å². The molecule has 2 N–H and O–H groups in total. The van der Waals surface area contributed by atoms with Gasteiger partial charge < -0.3 is 15.0 Å². The van der Waals surface area contributed by atoms with Gasteiger partial charge in [-0.2, -0.15) is 0 Å². The van der Waals surface area contributed by atoms with Crippen LogP contribution in [-0.4, -0.2) is 35.6 Å². The molecule has 3 aromatic heterocycles. The Kier molecular flexibility index (Phi) is 4.42. The Morgan fingerprint density at radius 1 is 1.16 bits per heavy atom. The first-order chi connectivity index (χ1) is 12.0. The molecule has 3 aromatic rings. The number of aryl methyl sites for hydroxylation is 1. The van der Waals surface area contributed by atoms with E-state index in [0.717, 1.165) is 17.2 Å². The second-order valence-corrected chi connectivity index (χ2v) is 5.78. The molecule has 0 atom stereocenters. The fourth-order valence-electron chi connectivity index (χ4n) is 2.57. The number of anilines is 2. The SMILES string of the molecule is Cc1ncc(-c2ccnc(Nc3ccc(C(=O)O)cn3)n2)n1C(C)C. The van der Waals surface area contributed by atoms with Crippen LogP contribution in [0.3, 0.4) is 0 Å². The van der Waals surface area contributed by atoms with Crippen LogP contribution in [0.2, 0.25) is 0 Å². The summed E-state index contributed by atoms with van der Waals surface area (Å²) in [4.78, 5) is 28.0. The molecule has 0 amide bonds. The van der Waals surface area contributed by atoms with E-state index < -0.39 is 5.97 Å². The van der Waals surface area contributed by atoms with Crippen molar-refractivity contribution in [2.75, 3.05) is 5.32 Å². The van der Waals surface area contributed by atoms with Crippen molar-refractivity contribution in [3.05, 3.63) is 48.2 Å². The summed E-state index contributed by atoms with van der Waals surface area (Å²) < 4.78 is 2.10. The fourth-order valence-corrected chi connectivity index (χ4v) is 2.57. The lowest BCUT2D eigenvalue weighted by Crippen LogP contribution is -2.07. The van der Waals surface area contributed by atoms with Gasteiger partial charge in [0.15, 0.2) is 0 Å². The van der Waals surface area contributed by atoms with Gasteiger partial charge in [0.1, 0.15) is 11.6 Å². The van der Waals surface area contributed by atoms with Crippen LogP contribution < -0.4 is 5.32 Å². The predicted octanol–water partition coefficient (Wildman–Crippen LogP) is 3.07. The van der Waals surface area contributed by atoms with Crippen LogP contribution in [0.5, 0.6) is 0 Å². The minimum atomic E-state index is -1.02. The summed E-state index contributed by atoms with van der Waals surface area (Å²) in [5, 5.41) is 11.9. The van der Waals surface area contributed by atoms with Crippen LogP contribution in [0.4, 0.5) is 11.8 Å². The van der Waals surface area contributed by atoms with Gasteiger partial charge in [-0.25, -0.2) is 24.7 Å². The maximum Gasteiger partial charge on any atom is 0.337 e. The number of carboxylic acids is 1. The van der Waals surface area contributed by atoms with Crippen molar-refractivity contribution in [1.29, 1.82) is 0 Å². The Morgan fingerprint density at radius 2 is 1.96 bits per heavy atom. The molecule has 0 bridgehead atoms. The zero-order chi connectivity index (χ0) is 18.0. The van der Waals surface area contributed by atoms with E-state index in [2.05, 4.69) is 43.7 Å². The second kappa shape index (κ2) is 6.68. The zero-order valence-corrected chi connectivity index (χ0v) is 14.1. The van der Waals surface area contributed by atoms with E-state index in [0.29, 0.717) is 11.8 Å². The number of pyridine rings is 1. The molecule has 0 saturated heterocycles. The number of hydrogen-bond acceptors (Lipinski definition) is 6. The van der Waals surface area contributed by atoms with Crippen molar-refractivity contribution < 1.29 is 9.90 Å². The number of carbonyl (C=O) groups is 1. The van der Waals surface area contributed by atoms with Gasteiger partial charge in [0.05, 0.1) is 23.1 Å². The highest BCUT2D eigenvalue weighted by molar-refractivity contribution is 5.87. The van der Waals surface area contributed by atoms with Gasteiger partial charge in [-0.05, 0) is 39.0 Å². The van der Waals surface area contributed by atoms with Gasteiger partial charge in [0.25, 0.3) is 0 Å². The Labute approximate surface area is 144 Å². The molecule has 8 heteroatoms. The Hall–Kier alpha value is -3.29. The number of hydrogen-bond donors (Lipinski definition) is 2. The second-order valence-electron chi connectivity index (χ2n) is 5.78. The summed E-state index contributed by atoms with van der Waals surface area (Å²) in [6.07, 6.45) is 4.73. The molecule has 25 heavy (non-hydrogen) atoms. The molecular weight excluding hydrogens is 320 g/mol. The van der Waals surface area contributed by atoms with Crippen molar-refractivity contribution in [2.45, 2.75) is 26.8 Å². The van der Waals surface area contributed by atoms with Gasteiger partial charge in [-0.1, -0.05) is 0 Å². The minimum absolute atomic E-state index is 0.122. The van der Waals surface area contributed by atoms with Gasteiger partial charge in [-0.3, -0.25) is 0 Å². The standard InChI is InChI=1S/C17H18N6O2/c1-10(2)23-11(3)19-9-14(23)13-6-7-18-17(21-13)22-15-5-4-12(8-20-15)16(24)25/h4-10H,1-3H3,(H,24,25)(H,18,20,21,22). The van der Waals surface area contributed by atoms with Crippen molar-refractivity contribution in [2.24, 2.45) is 0 Å². The van der Waals surface area contributed by atoms with E-state index in [4.69, 9.17) is 5.11 Å². The maximum absolute atomic E-state index is 10.9. The fraction of sp³-hybridized carbons (Fsp3) is 0.235. The third kappa shape index (κ3) is 3.47. The molecule has 3 heterocycles. The molecule has 8 nitrogen and oxygen atoms in total. The summed E-state index contributed by atoms with van der Waals surface area (Å²) in [6.45, 7) is 6.14. The Balaban J connectivity index is 1.88. The van der Waals surface area contributed by atoms with Gasteiger partial charge >= 0.3 is 5.97 Å². The normalized spacial score (nSPS) is 10.9. The number of nitrogens with zero attached hydrogens (tertiary/aromatic N) is 5. The first-order valence-corrected chi connectivity index (χ1v) is 7.79. The van der Waals surface area contributed by atoms with Gasteiger partial charge in [0, 0.05) is 18.4 Å². The van der Waals surface area contributed by atoms with Crippen LogP contribution >= 0.6 is 0 Å². The van der Waals surface area contributed by atoms with Crippen molar-refractivity contribution in [3.63, 3.8) is 0 Å². The average Bonchev–Trinajstić information content (AvgIpc) is 2.97. The quantitative estimate of drug-likeness (QED) is 0.736. The first kappa shape index (κ1) is 16.6. The highest BCUT2D eigenvalue weighted by Gasteiger charge is 2.13. The van der Waals surface area contributed by atoms with Crippen LogP contribution in [0.25, 0.3) is 11.4 Å². The lowest BCUT2D eigenvalue weighted by atomic mass is 10.2. The molecule has 0 spiro atoms.